The molecule has 1 aliphatic heterocycles. The summed E-state index contributed by atoms with van der Waals surface area (Å²) in [6, 6.07) is 0. The maximum absolute atomic E-state index is 3.76. The Labute approximate surface area is 95.4 Å². The highest BCUT2D eigenvalue weighted by atomic mass is 15.1. The fraction of sp³-hybridized carbons (Fsp3) is 1.00. The van der Waals surface area contributed by atoms with Crippen LogP contribution in [0.3, 0.4) is 0 Å². The Morgan fingerprint density at radius 2 is 2.00 bits per heavy atom. The summed E-state index contributed by atoms with van der Waals surface area (Å²) in [4.78, 5) is 2.46. The van der Waals surface area contributed by atoms with Crippen LogP contribution in [0.1, 0.15) is 46.5 Å². The average molecular weight is 212 g/mol. The predicted molar refractivity (Wildman–Crippen MR) is 67.2 cm³/mol. The summed E-state index contributed by atoms with van der Waals surface area (Å²) in [6.07, 6.45) is 5.23. The lowest BCUT2D eigenvalue weighted by atomic mass is 9.92. The van der Waals surface area contributed by atoms with Crippen LogP contribution in [0.2, 0.25) is 0 Å². The van der Waals surface area contributed by atoms with Crippen LogP contribution in [0.15, 0.2) is 0 Å². The van der Waals surface area contributed by atoms with Gasteiger partial charge in [0.25, 0.3) is 0 Å². The van der Waals surface area contributed by atoms with E-state index in [1.54, 1.807) is 0 Å². The lowest BCUT2D eigenvalue weighted by molar-refractivity contribution is 0.190. The van der Waals surface area contributed by atoms with Crippen molar-refractivity contribution >= 4 is 0 Å². The van der Waals surface area contributed by atoms with Gasteiger partial charge in [-0.3, -0.25) is 0 Å². The van der Waals surface area contributed by atoms with Gasteiger partial charge in [0.1, 0.15) is 0 Å². The Morgan fingerprint density at radius 3 is 2.53 bits per heavy atom. The van der Waals surface area contributed by atoms with E-state index in [9.17, 15) is 0 Å². The third-order valence-corrected chi connectivity index (χ3v) is 4.10. The monoisotopic (exact) mass is 212 g/mol. The van der Waals surface area contributed by atoms with Gasteiger partial charge in [0, 0.05) is 12.1 Å². The van der Waals surface area contributed by atoms with Crippen LogP contribution in [-0.4, -0.2) is 37.1 Å². The molecule has 0 bridgehead atoms. The summed E-state index contributed by atoms with van der Waals surface area (Å²) in [5.74, 6) is 0.862. The van der Waals surface area contributed by atoms with Crippen LogP contribution in [-0.2, 0) is 0 Å². The van der Waals surface area contributed by atoms with Crippen molar-refractivity contribution in [1.82, 2.24) is 10.2 Å². The van der Waals surface area contributed by atoms with E-state index in [0.717, 1.165) is 5.92 Å². The molecule has 1 fully saturated rings. The second kappa shape index (κ2) is 5.86. The van der Waals surface area contributed by atoms with Gasteiger partial charge in [-0.25, -0.2) is 0 Å². The Balaban J connectivity index is 2.29. The first-order valence-corrected chi connectivity index (χ1v) is 6.53. The van der Waals surface area contributed by atoms with Gasteiger partial charge in [-0.05, 0) is 58.7 Å². The molecule has 0 saturated carbocycles. The Kier molecular flexibility index (Phi) is 5.07. The fourth-order valence-corrected chi connectivity index (χ4v) is 2.33. The normalized spacial score (nSPS) is 24.4. The number of rotatable bonds is 5. The molecular formula is C13H28N2. The van der Waals surface area contributed by atoms with Gasteiger partial charge < -0.3 is 10.2 Å². The number of nitrogens with one attached hydrogen (secondary N) is 1. The third kappa shape index (κ3) is 4.12. The van der Waals surface area contributed by atoms with Crippen molar-refractivity contribution in [3.8, 4) is 0 Å². The van der Waals surface area contributed by atoms with Crippen molar-refractivity contribution in [2.75, 3.05) is 26.7 Å². The van der Waals surface area contributed by atoms with Crippen molar-refractivity contribution in [3.05, 3.63) is 0 Å². The third-order valence-electron chi connectivity index (χ3n) is 4.10. The van der Waals surface area contributed by atoms with Crippen LogP contribution >= 0.6 is 0 Å². The predicted octanol–water partition coefficient (Wildman–Crippen LogP) is 2.50. The zero-order valence-electron chi connectivity index (χ0n) is 11.0. The maximum atomic E-state index is 3.76. The van der Waals surface area contributed by atoms with Gasteiger partial charge in [-0.1, -0.05) is 13.8 Å². The molecule has 0 aliphatic carbocycles. The van der Waals surface area contributed by atoms with Crippen LogP contribution in [0, 0.1) is 5.92 Å². The standard InChI is InChI=1S/C13H28N2/c1-5-13(3,6-2)14-10-12-8-7-9-15(4)11-12/h12,14H,5-11H2,1-4H3. The maximum Gasteiger partial charge on any atom is 0.0148 e. The second-order valence-corrected chi connectivity index (χ2v) is 5.42. The number of likely N-dealkylation sites (tertiary alicyclic amines) is 1. The summed E-state index contributed by atoms with van der Waals surface area (Å²) in [5.41, 5.74) is 0.357. The van der Waals surface area contributed by atoms with E-state index in [1.807, 2.05) is 0 Å². The van der Waals surface area contributed by atoms with E-state index in [2.05, 4.69) is 38.0 Å². The second-order valence-electron chi connectivity index (χ2n) is 5.42. The van der Waals surface area contributed by atoms with E-state index in [-0.39, 0.29) is 0 Å². The number of nitrogens with zero attached hydrogens (tertiary/aromatic N) is 1. The van der Waals surface area contributed by atoms with Gasteiger partial charge in [-0.2, -0.15) is 0 Å². The van der Waals surface area contributed by atoms with Crippen molar-refractivity contribution in [2.24, 2.45) is 5.92 Å². The van der Waals surface area contributed by atoms with Crippen LogP contribution < -0.4 is 5.32 Å². The van der Waals surface area contributed by atoms with Crippen molar-refractivity contribution in [3.63, 3.8) is 0 Å². The molecule has 0 aromatic carbocycles. The smallest absolute Gasteiger partial charge is 0.0148 e. The molecule has 1 aliphatic rings. The van der Waals surface area contributed by atoms with Gasteiger partial charge in [0.05, 0.1) is 0 Å². The lowest BCUT2D eigenvalue weighted by Gasteiger charge is -2.34. The quantitative estimate of drug-likeness (QED) is 0.753. The largest absolute Gasteiger partial charge is 0.311 e. The zero-order valence-corrected chi connectivity index (χ0v) is 11.0. The first-order valence-electron chi connectivity index (χ1n) is 6.53. The van der Waals surface area contributed by atoms with Gasteiger partial charge in [-0.15, -0.1) is 0 Å². The van der Waals surface area contributed by atoms with E-state index >= 15 is 0 Å². The first-order chi connectivity index (χ1) is 7.09. The number of piperidine rings is 1. The molecule has 1 saturated heterocycles. The van der Waals surface area contributed by atoms with Crippen LogP contribution in [0.25, 0.3) is 0 Å². The lowest BCUT2D eigenvalue weighted by Crippen LogP contribution is -2.46. The molecule has 1 atom stereocenters. The van der Waals surface area contributed by atoms with Crippen molar-refractivity contribution in [1.29, 1.82) is 0 Å². The van der Waals surface area contributed by atoms with Gasteiger partial charge >= 0.3 is 0 Å². The molecule has 15 heavy (non-hydrogen) atoms. The Morgan fingerprint density at radius 1 is 1.33 bits per heavy atom. The number of hydrogen-bond acceptors (Lipinski definition) is 2. The molecule has 90 valence electrons. The minimum absolute atomic E-state index is 0.357. The topological polar surface area (TPSA) is 15.3 Å². The van der Waals surface area contributed by atoms with Gasteiger partial charge in [0.15, 0.2) is 0 Å². The molecule has 1 heterocycles. The first kappa shape index (κ1) is 13.0. The molecule has 0 aromatic rings. The van der Waals surface area contributed by atoms with Gasteiger partial charge in [0.2, 0.25) is 0 Å². The van der Waals surface area contributed by atoms with E-state index in [1.165, 1.54) is 45.3 Å². The highest BCUT2D eigenvalue weighted by Gasteiger charge is 2.22. The molecule has 0 spiro atoms. The van der Waals surface area contributed by atoms with Crippen LogP contribution in [0.5, 0.6) is 0 Å². The zero-order chi connectivity index (χ0) is 11.3. The fourth-order valence-electron chi connectivity index (χ4n) is 2.33. The average Bonchev–Trinajstić information content (AvgIpc) is 2.26. The summed E-state index contributed by atoms with van der Waals surface area (Å²) in [7, 11) is 2.24. The van der Waals surface area contributed by atoms with Crippen LogP contribution in [0.4, 0.5) is 0 Å². The molecule has 1 rings (SSSR count). The van der Waals surface area contributed by atoms with E-state index < -0.39 is 0 Å². The molecule has 2 nitrogen and oxygen atoms in total. The minimum atomic E-state index is 0.357. The Hall–Kier alpha value is -0.0800. The Bertz CT molecular complexity index is 175. The summed E-state index contributed by atoms with van der Waals surface area (Å²) in [5, 5.41) is 3.76. The molecule has 2 heteroatoms. The molecule has 0 radical (unpaired) electrons. The molecule has 0 aromatic heterocycles. The van der Waals surface area contributed by atoms with Crippen molar-refractivity contribution < 1.29 is 0 Å². The molecular weight excluding hydrogens is 184 g/mol. The van der Waals surface area contributed by atoms with Crippen molar-refractivity contribution in [2.45, 2.75) is 52.0 Å². The SMILES string of the molecule is CCC(C)(CC)NCC1CCCN(C)C1. The summed E-state index contributed by atoms with van der Waals surface area (Å²) in [6.45, 7) is 10.7. The minimum Gasteiger partial charge on any atom is -0.311 e. The summed E-state index contributed by atoms with van der Waals surface area (Å²) >= 11 is 0. The highest BCUT2D eigenvalue weighted by molar-refractivity contribution is 4.82. The summed E-state index contributed by atoms with van der Waals surface area (Å²) < 4.78 is 0. The number of hydrogen-bond donors (Lipinski definition) is 1. The molecule has 1 N–H and O–H groups in total. The molecule has 0 amide bonds. The van der Waals surface area contributed by atoms with E-state index in [0.29, 0.717) is 5.54 Å². The highest BCUT2D eigenvalue weighted by Crippen LogP contribution is 2.18. The van der Waals surface area contributed by atoms with E-state index in [4.69, 9.17) is 0 Å². The molecule has 1 unspecified atom stereocenters.